The molecule has 0 aliphatic heterocycles. The second-order valence-electron chi connectivity index (χ2n) is 3.38. The van der Waals surface area contributed by atoms with E-state index in [9.17, 15) is 4.79 Å². The van der Waals surface area contributed by atoms with Crippen LogP contribution in [-0.4, -0.2) is 24.6 Å². The van der Waals surface area contributed by atoms with E-state index in [0.29, 0.717) is 13.0 Å². The lowest BCUT2D eigenvalue weighted by molar-refractivity contribution is -0.145. The van der Waals surface area contributed by atoms with Gasteiger partial charge in [-0.15, -0.1) is 0 Å². The summed E-state index contributed by atoms with van der Waals surface area (Å²) in [6.07, 6.45) is 3.31. The maximum Gasteiger partial charge on any atom is 0.331 e. The summed E-state index contributed by atoms with van der Waals surface area (Å²) in [5, 5.41) is 0. The first-order chi connectivity index (χ1) is 7.11. The molecule has 15 heavy (non-hydrogen) atoms. The van der Waals surface area contributed by atoms with Crippen LogP contribution in [0.5, 0.6) is 0 Å². The Morgan fingerprint density at radius 3 is 2.47 bits per heavy atom. The number of nitrogens with zero attached hydrogens (tertiary/aromatic N) is 1. The minimum atomic E-state index is -0.545. The molecular weight excluding hydrogens is 194 g/mol. The predicted octanol–water partition coefficient (Wildman–Crippen LogP) is 0.772. The van der Waals surface area contributed by atoms with Crippen LogP contribution in [-0.2, 0) is 9.53 Å². The van der Waals surface area contributed by atoms with Gasteiger partial charge in [-0.1, -0.05) is 26.7 Å². The van der Waals surface area contributed by atoms with E-state index in [0.717, 1.165) is 19.3 Å². The van der Waals surface area contributed by atoms with Crippen molar-refractivity contribution >= 4 is 11.9 Å². The molecule has 0 heterocycles. The van der Waals surface area contributed by atoms with Crippen LogP contribution in [0.1, 0.15) is 39.5 Å². The number of nitrogens with two attached hydrogens (primary N) is 2. The molecule has 0 aliphatic carbocycles. The number of carbonyl (C=O) groups is 1. The normalized spacial score (nSPS) is 11.9. The lowest BCUT2D eigenvalue weighted by atomic mass is 10.2. The molecule has 1 unspecified atom stereocenters. The summed E-state index contributed by atoms with van der Waals surface area (Å²) in [6.45, 7) is 4.44. The van der Waals surface area contributed by atoms with E-state index in [4.69, 9.17) is 16.2 Å². The zero-order chi connectivity index (χ0) is 11.7. The van der Waals surface area contributed by atoms with Crippen LogP contribution in [0, 0.1) is 0 Å². The maximum atomic E-state index is 11.5. The highest BCUT2D eigenvalue weighted by Gasteiger charge is 2.17. The SMILES string of the molecule is CCCCOC(=O)C(CCC)N=C(N)N. The van der Waals surface area contributed by atoms with Crippen LogP contribution < -0.4 is 11.5 Å². The first-order valence-corrected chi connectivity index (χ1v) is 5.37. The van der Waals surface area contributed by atoms with Crippen molar-refractivity contribution in [3.05, 3.63) is 0 Å². The first-order valence-electron chi connectivity index (χ1n) is 5.37. The van der Waals surface area contributed by atoms with Gasteiger partial charge in [0.1, 0.15) is 0 Å². The van der Waals surface area contributed by atoms with Gasteiger partial charge in [0.25, 0.3) is 0 Å². The third-order valence-corrected chi connectivity index (χ3v) is 1.88. The van der Waals surface area contributed by atoms with E-state index < -0.39 is 6.04 Å². The van der Waals surface area contributed by atoms with Crippen molar-refractivity contribution in [1.82, 2.24) is 0 Å². The monoisotopic (exact) mass is 215 g/mol. The topological polar surface area (TPSA) is 90.7 Å². The molecule has 0 aromatic carbocycles. The molecule has 4 N–H and O–H groups in total. The van der Waals surface area contributed by atoms with Crippen molar-refractivity contribution in [1.29, 1.82) is 0 Å². The molecule has 5 nitrogen and oxygen atoms in total. The van der Waals surface area contributed by atoms with Crippen molar-refractivity contribution in [3.63, 3.8) is 0 Å². The molecule has 0 fully saturated rings. The highest BCUT2D eigenvalue weighted by Crippen LogP contribution is 2.04. The Hall–Kier alpha value is -1.26. The molecule has 5 heteroatoms. The Labute approximate surface area is 90.9 Å². The van der Waals surface area contributed by atoms with E-state index in [1.54, 1.807) is 0 Å². The third kappa shape index (κ3) is 6.76. The highest BCUT2D eigenvalue weighted by molar-refractivity contribution is 5.82. The van der Waals surface area contributed by atoms with Gasteiger partial charge in [0.15, 0.2) is 12.0 Å². The van der Waals surface area contributed by atoms with Crippen LogP contribution in [0.2, 0.25) is 0 Å². The van der Waals surface area contributed by atoms with E-state index in [1.165, 1.54) is 0 Å². The molecule has 0 rings (SSSR count). The Balaban J connectivity index is 4.11. The Kier molecular flexibility index (Phi) is 7.40. The smallest absolute Gasteiger partial charge is 0.331 e. The van der Waals surface area contributed by atoms with Crippen molar-refractivity contribution in [2.75, 3.05) is 6.61 Å². The van der Waals surface area contributed by atoms with Gasteiger partial charge in [-0.05, 0) is 12.8 Å². The van der Waals surface area contributed by atoms with Gasteiger partial charge in [-0.25, -0.2) is 9.79 Å². The minimum Gasteiger partial charge on any atom is -0.464 e. The molecule has 0 aromatic rings. The number of hydrogen-bond donors (Lipinski definition) is 2. The van der Waals surface area contributed by atoms with Gasteiger partial charge in [0.2, 0.25) is 0 Å². The molecule has 0 radical (unpaired) electrons. The molecule has 1 atom stereocenters. The summed E-state index contributed by atoms with van der Waals surface area (Å²) in [5.74, 6) is -0.403. The summed E-state index contributed by atoms with van der Waals surface area (Å²) in [6, 6.07) is -0.545. The molecule has 0 aromatic heterocycles. The van der Waals surface area contributed by atoms with Crippen molar-refractivity contribution in [3.8, 4) is 0 Å². The third-order valence-electron chi connectivity index (χ3n) is 1.88. The second kappa shape index (κ2) is 8.08. The fraction of sp³-hybridized carbons (Fsp3) is 0.800. The van der Waals surface area contributed by atoms with Gasteiger partial charge < -0.3 is 16.2 Å². The van der Waals surface area contributed by atoms with E-state index in [-0.39, 0.29) is 11.9 Å². The molecule has 0 saturated heterocycles. The zero-order valence-electron chi connectivity index (χ0n) is 9.53. The van der Waals surface area contributed by atoms with E-state index in [1.807, 2.05) is 13.8 Å². The van der Waals surface area contributed by atoms with Crippen LogP contribution in [0.4, 0.5) is 0 Å². The minimum absolute atomic E-state index is 0.0686. The molecule has 0 saturated carbocycles. The molecule has 88 valence electrons. The van der Waals surface area contributed by atoms with Crippen LogP contribution in [0.3, 0.4) is 0 Å². The zero-order valence-corrected chi connectivity index (χ0v) is 9.53. The number of rotatable bonds is 7. The number of aliphatic imine (C=N–C) groups is 1. The first kappa shape index (κ1) is 13.7. The summed E-state index contributed by atoms with van der Waals surface area (Å²) >= 11 is 0. The second-order valence-corrected chi connectivity index (χ2v) is 3.38. The highest BCUT2D eigenvalue weighted by atomic mass is 16.5. The summed E-state index contributed by atoms with van der Waals surface area (Å²) in [5.41, 5.74) is 10.5. The molecule has 0 bridgehead atoms. The average molecular weight is 215 g/mol. The number of hydrogen-bond acceptors (Lipinski definition) is 3. The molecule has 0 spiro atoms. The average Bonchev–Trinajstić information content (AvgIpc) is 2.17. The van der Waals surface area contributed by atoms with Gasteiger partial charge in [0.05, 0.1) is 6.61 Å². The number of guanidine groups is 1. The lowest BCUT2D eigenvalue weighted by Crippen LogP contribution is -2.30. The number of ether oxygens (including phenoxy) is 1. The summed E-state index contributed by atoms with van der Waals surface area (Å²) in [7, 11) is 0. The fourth-order valence-corrected chi connectivity index (χ4v) is 1.10. The number of unbranched alkanes of at least 4 members (excludes halogenated alkanes) is 1. The van der Waals surface area contributed by atoms with Crippen LogP contribution in [0.25, 0.3) is 0 Å². The Morgan fingerprint density at radius 1 is 1.33 bits per heavy atom. The molecule has 0 amide bonds. The molecule has 0 aliphatic rings. The van der Waals surface area contributed by atoms with Gasteiger partial charge in [-0.2, -0.15) is 0 Å². The van der Waals surface area contributed by atoms with Crippen LogP contribution in [0.15, 0.2) is 4.99 Å². The van der Waals surface area contributed by atoms with Gasteiger partial charge in [-0.3, -0.25) is 0 Å². The lowest BCUT2D eigenvalue weighted by Gasteiger charge is -2.11. The fourth-order valence-electron chi connectivity index (χ4n) is 1.10. The maximum absolute atomic E-state index is 11.5. The Morgan fingerprint density at radius 2 is 2.00 bits per heavy atom. The predicted molar refractivity (Wildman–Crippen MR) is 60.4 cm³/mol. The number of esters is 1. The van der Waals surface area contributed by atoms with Gasteiger partial charge >= 0.3 is 5.97 Å². The summed E-state index contributed by atoms with van der Waals surface area (Å²) in [4.78, 5) is 15.3. The van der Waals surface area contributed by atoms with Crippen LogP contribution >= 0.6 is 0 Å². The van der Waals surface area contributed by atoms with Gasteiger partial charge in [0, 0.05) is 0 Å². The van der Waals surface area contributed by atoms with Crippen molar-refractivity contribution in [2.45, 2.75) is 45.6 Å². The van der Waals surface area contributed by atoms with Crippen molar-refractivity contribution in [2.24, 2.45) is 16.5 Å². The quantitative estimate of drug-likeness (QED) is 0.284. The largest absolute Gasteiger partial charge is 0.464 e. The molecular formula is C10H21N3O2. The van der Waals surface area contributed by atoms with E-state index >= 15 is 0 Å². The number of carbonyl (C=O) groups excluding carboxylic acids is 1. The van der Waals surface area contributed by atoms with Crippen molar-refractivity contribution < 1.29 is 9.53 Å². The summed E-state index contributed by atoms with van der Waals surface area (Å²) < 4.78 is 5.04. The van der Waals surface area contributed by atoms with E-state index in [2.05, 4.69) is 4.99 Å². The standard InChI is InChI=1S/C10H21N3O2/c1-3-5-7-15-9(14)8(6-4-2)13-10(11)12/h8H,3-7H2,1-2H3,(H4,11,12,13). The Bertz CT molecular complexity index is 213.